The van der Waals surface area contributed by atoms with Gasteiger partial charge in [-0.15, -0.1) is 0 Å². The van der Waals surface area contributed by atoms with Crippen molar-refractivity contribution in [2.24, 2.45) is 0 Å². The number of ether oxygens (including phenoxy) is 2. The Morgan fingerprint density at radius 1 is 1.03 bits per heavy atom. The second-order valence-corrected chi connectivity index (χ2v) is 10.8. The molecule has 0 fully saturated rings. The van der Waals surface area contributed by atoms with Crippen molar-refractivity contribution in [1.29, 1.82) is 0 Å². The summed E-state index contributed by atoms with van der Waals surface area (Å²) in [6.45, 7) is 7.80. The normalized spacial score (nSPS) is 14.8. The molecule has 35 heavy (non-hydrogen) atoms. The molecule has 0 bridgehead atoms. The minimum atomic E-state index is -0.672. The standard InChI is InChI=1S/C26H30N2O5S2/c1-5-32-25(34)35-20(15-16-28-22(29)18-13-9-10-14-19(18)23(28)30)21(17-11-7-6-8-12-17)27-24(31)33-26(2,3)4/h6-14,20-21H,5,15-16H2,1-4H3,(H,27,31). The van der Waals surface area contributed by atoms with E-state index in [1.165, 1.54) is 16.7 Å². The van der Waals surface area contributed by atoms with Crippen LogP contribution >= 0.6 is 24.0 Å². The zero-order chi connectivity index (χ0) is 25.6. The number of hydrogen-bond donors (Lipinski definition) is 1. The fraction of sp³-hybridized carbons (Fsp3) is 0.385. The maximum Gasteiger partial charge on any atom is 0.408 e. The minimum Gasteiger partial charge on any atom is -0.479 e. The predicted octanol–water partition coefficient (Wildman–Crippen LogP) is 5.36. The molecule has 0 aliphatic carbocycles. The summed E-state index contributed by atoms with van der Waals surface area (Å²) in [6.07, 6.45) is -0.196. The van der Waals surface area contributed by atoms with E-state index in [0.717, 1.165) is 5.56 Å². The second kappa shape index (κ2) is 11.7. The number of amides is 3. The molecule has 3 rings (SSSR count). The summed E-state index contributed by atoms with van der Waals surface area (Å²) < 4.78 is 11.3. The van der Waals surface area contributed by atoms with Gasteiger partial charge in [-0.1, -0.05) is 54.2 Å². The first kappa shape index (κ1) is 26.7. The number of thiocarbonyl (C=S) groups is 1. The van der Waals surface area contributed by atoms with E-state index in [0.29, 0.717) is 28.5 Å². The van der Waals surface area contributed by atoms with Gasteiger partial charge in [-0.25, -0.2) is 4.79 Å². The van der Waals surface area contributed by atoms with Gasteiger partial charge in [-0.2, -0.15) is 0 Å². The van der Waals surface area contributed by atoms with Crippen LogP contribution in [0, 0.1) is 0 Å². The van der Waals surface area contributed by atoms with Gasteiger partial charge in [-0.3, -0.25) is 14.5 Å². The highest BCUT2D eigenvalue weighted by Gasteiger charge is 2.37. The number of fused-ring (bicyclic) bond motifs is 1. The van der Waals surface area contributed by atoms with Crippen LogP contribution in [0.25, 0.3) is 0 Å². The van der Waals surface area contributed by atoms with Crippen LogP contribution in [0.2, 0.25) is 0 Å². The van der Waals surface area contributed by atoms with Crippen LogP contribution in [0.5, 0.6) is 0 Å². The predicted molar refractivity (Wildman–Crippen MR) is 141 cm³/mol. The summed E-state index contributed by atoms with van der Waals surface area (Å²) in [5.41, 5.74) is 0.975. The Balaban J connectivity index is 1.86. The zero-order valence-electron chi connectivity index (χ0n) is 20.3. The number of nitrogens with zero attached hydrogens (tertiary/aromatic N) is 1. The van der Waals surface area contributed by atoms with Gasteiger partial charge in [0.05, 0.1) is 23.8 Å². The van der Waals surface area contributed by atoms with Crippen molar-refractivity contribution in [2.45, 2.75) is 51.0 Å². The van der Waals surface area contributed by atoms with E-state index in [-0.39, 0.29) is 23.6 Å². The summed E-state index contributed by atoms with van der Waals surface area (Å²) in [5, 5.41) is 2.63. The first-order valence-electron chi connectivity index (χ1n) is 11.4. The zero-order valence-corrected chi connectivity index (χ0v) is 21.9. The van der Waals surface area contributed by atoms with Crippen molar-refractivity contribution in [1.82, 2.24) is 10.2 Å². The van der Waals surface area contributed by atoms with E-state index in [9.17, 15) is 14.4 Å². The second-order valence-electron chi connectivity index (χ2n) is 8.97. The molecule has 3 amide bonds. The third-order valence-electron chi connectivity index (χ3n) is 5.23. The van der Waals surface area contributed by atoms with Gasteiger partial charge in [0.1, 0.15) is 5.60 Å². The Morgan fingerprint density at radius 3 is 2.14 bits per heavy atom. The van der Waals surface area contributed by atoms with E-state index in [2.05, 4.69) is 5.32 Å². The monoisotopic (exact) mass is 514 g/mol. The molecule has 2 unspecified atom stereocenters. The number of nitrogens with one attached hydrogen (secondary N) is 1. The van der Waals surface area contributed by atoms with Crippen molar-refractivity contribution in [3.8, 4) is 0 Å². The molecule has 186 valence electrons. The fourth-order valence-corrected chi connectivity index (χ4v) is 5.26. The number of hydrogen-bond acceptors (Lipinski definition) is 7. The van der Waals surface area contributed by atoms with Gasteiger partial charge in [0.25, 0.3) is 11.8 Å². The summed E-state index contributed by atoms with van der Waals surface area (Å²) in [6, 6.07) is 15.7. The van der Waals surface area contributed by atoms with Gasteiger partial charge < -0.3 is 14.8 Å². The lowest BCUT2D eigenvalue weighted by Gasteiger charge is -2.30. The summed E-state index contributed by atoms with van der Waals surface area (Å²) in [4.78, 5) is 39.7. The lowest BCUT2D eigenvalue weighted by molar-refractivity contribution is 0.0496. The Bertz CT molecular complexity index is 1050. The Morgan fingerprint density at radius 2 is 1.60 bits per heavy atom. The van der Waals surface area contributed by atoms with E-state index < -0.39 is 17.7 Å². The molecule has 0 saturated carbocycles. The van der Waals surface area contributed by atoms with Crippen molar-refractivity contribution < 1.29 is 23.9 Å². The Kier molecular flexibility index (Phi) is 8.91. The molecule has 0 aromatic heterocycles. The molecular weight excluding hydrogens is 484 g/mol. The van der Waals surface area contributed by atoms with Crippen LogP contribution in [0.4, 0.5) is 4.79 Å². The number of carbonyl (C=O) groups excluding carboxylic acids is 3. The highest BCUT2D eigenvalue weighted by molar-refractivity contribution is 8.23. The van der Waals surface area contributed by atoms with Crippen LogP contribution in [-0.2, 0) is 9.47 Å². The summed E-state index contributed by atoms with van der Waals surface area (Å²) >= 11 is 6.69. The number of rotatable bonds is 8. The molecule has 0 radical (unpaired) electrons. The van der Waals surface area contributed by atoms with Gasteiger partial charge >= 0.3 is 6.09 Å². The van der Waals surface area contributed by atoms with E-state index in [1.807, 2.05) is 37.3 Å². The molecule has 2 aromatic carbocycles. The third kappa shape index (κ3) is 7.05. The average Bonchev–Trinajstić information content (AvgIpc) is 3.04. The Hall–Kier alpha value is -2.91. The van der Waals surface area contributed by atoms with Gasteiger partial charge in [-0.05, 0) is 64.0 Å². The lowest BCUT2D eigenvalue weighted by Crippen LogP contribution is -2.41. The molecular formula is C26H30N2O5S2. The van der Waals surface area contributed by atoms with E-state index in [1.54, 1.807) is 45.0 Å². The van der Waals surface area contributed by atoms with Gasteiger partial charge in [0, 0.05) is 11.8 Å². The molecule has 7 nitrogen and oxygen atoms in total. The largest absolute Gasteiger partial charge is 0.479 e. The number of thioether (sulfide) groups is 1. The van der Waals surface area contributed by atoms with Crippen molar-refractivity contribution in [3.05, 3.63) is 71.3 Å². The SMILES string of the molecule is CCOC(=S)SC(CCN1C(=O)c2ccccc2C1=O)C(NC(=O)OC(C)(C)C)c1ccccc1. The van der Waals surface area contributed by atoms with E-state index >= 15 is 0 Å². The lowest BCUT2D eigenvalue weighted by atomic mass is 10.0. The highest BCUT2D eigenvalue weighted by Crippen LogP contribution is 2.33. The van der Waals surface area contributed by atoms with E-state index in [4.69, 9.17) is 21.7 Å². The van der Waals surface area contributed by atoms with Crippen LogP contribution in [-0.4, -0.2) is 51.2 Å². The molecule has 1 aliphatic rings. The third-order valence-corrected chi connectivity index (χ3v) is 6.76. The first-order valence-corrected chi connectivity index (χ1v) is 12.7. The highest BCUT2D eigenvalue weighted by atomic mass is 32.2. The molecule has 0 spiro atoms. The van der Waals surface area contributed by atoms with Crippen molar-refractivity contribution >= 4 is 46.3 Å². The number of imide groups is 1. The van der Waals surface area contributed by atoms with Crippen LogP contribution in [0.15, 0.2) is 54.6 Å². The van der Waals surface area contributed by atoms with Crippen molar-refractivity contribution in [3.63, 3.8) is 0 Å². The molecule has 0 saturated heterocycles. The summed E-state index contributed by atoms with van der Waals surface area (Å²) in [5.74, 6) is -0.642. The fourth-order valence-electron chi connectivity index (χ4n) is 3.75. The molecule has 1 heterocycles. The number of carbonyl (C=O) groups is 3. The Labute approximate surface area is 215 Å². The minimum absolute atomic E-state index is 0.165. The maximum atomic E-state index is 12.9. The number of alkyl carbamates (subject to hydrolysis) is 1. The molecule has 1 aliphatic heterocycles. The van der Waals surface area contributed by atoms with Gasteiger partial charge in [0.15, 0.2) is 0 Å². The average molecular weight is 515 g/mol. The van der Waals surface area contributed by atoms with Crippen LogP contribution < -0.4 is 5.32 Å². The van der Waals surface area contributed by atoms with Gasteiger partial charge in [0.2, 0.25) is 4.38 Å². The number of benzene rings is 2. The maximum absolute atomic E-state index is 12.9. The molecule has 1 N–H and O–H groups in total. The first-order chi connectivity index (χ1) is 16.6. The molecule has 9 heteroatoms. The summed E-state index contributed by atoms with van der Waals surface area (Å²) in [7, 11) is 0. The quantitative estimate of drug-likeness (QED) is 0.375. The van der Waals surface area contributed by atoms with Crippen LogP contribution in [0.1, 0.15) is 66.4 Å². The molecule has 2 atom stereocenters. The molecule has 2 aromatic rings. The smallest absolute Gasteiger partial charge is 0.408 e. The van der Waals surface area contributed by atoms with Crippen molar-refractivity contribution in [2.75, 3.05) is 13.2 Å². The topological polar surface area (TPSA) is 84.9 Å². The van der Waals surface area contributed by atoms with Crippen LogP contribution in [0.3, 0.4) is 0 Å².